The molecule has 0 aromatic heterocycles. The molecule has 7 heteroatoms. The fourth-order valence-corrected chi connectivity index (χ4v) is 5.37. The monoisotopic (exact) mass is 418 g/mol. The molecule has 0 aromatic carbocycles. The predicted octanol–water partition coefficient (Wildman–Crippen LogP) is 6.33. The molecule has 152 valence electrons. The van der Waals surface area contributed by atoms with Crippen molar-refractivity contribution >= 4 is 33.9 Å². The third kappa shape index (κ3) is 6.21. The van der Waals surface area contributed by atoms with Crippen LogP contribution in [-0.4, -0.2) is 40.6 Å². The van der Waals surface area contributed by atoms with Crippen molar-refractivity contribution < 1.29 is 13.7 Å². The molecule has 0 radical (unpaired) electrons. The molecule has 0 N–H and O–H groups in total. The molecule has 1 fully saturated rings. The second-order valence-corrected chi connectivity index (χ2v) is 21.7. The fourth-order valence-electron chi connectivity index (χ4n) is 2.51. The molecular formula is C19H40BClO3Si2. The van der Waals surface area contributed by atoms with E-state index >= 15 is 0 Å². The smallest absolute Gasteiger partial charge is 0.417 e. The lowest BCUT2D eigenvalue weighted by molar-refractivity contribution is 0.00578. The number of rotatable bonds is 7. The number of hydrogen-bond acceptors (Lipinski definition) is 3. The van der Waals surface area contributed by atoms with Crippen LogP contribution in [0.15, 0.2) is 11.2 Å². The minimum absolute atomic E-state index is 0.245. The Hall–Kier alpha value is 0.409. The Bertz CT molecular complexity index is 504. The maximum Gasteiger partial charge on any atom is 0.486 e. The Morgan fingerprint density at radius 1 is 1.04 bits per heavy atom. The van der Waals surface area contributed by atoms with Crippen LogP contribution in [0.4, 0.5) is 0 Å². The van der Waals surface area contributed by atoms with Crippen molar-refractivity contribution in [3.8, 4) is 0 Å². The molecule has 1 saturated heterocycles. The Kier molecular flexibility index (Phi) is 7.55. The van der Waals surface area contributed by atoms with E-state index in [4.69, 9.17) is 24.8 Å². The van der Waals surface area contributed by atoms with E-state index in [2.05, 4.69) is 80.6 Å². The number of allylic oxidation sites excluding steroid dienone is 1. The van der Waals surface area contributed by atoms with Crippen LogP contribution in [0, 0.1) is 0 Å². The maximum atomic E-state index is 6.79. The molecule has 1 aliphatic heterocycles. The lowest BCUT2D eigenvalue weighted by atomic mass is 9.89. The van der Waals surface area contributed by atoms with Gasteiger partial charge in [-0.25, -0.2) is 0 Å². The zero-order chi connectivity index (χ0) is 20.6. The van der Waals surface area contributed by atoms with Gasteiger partial charge in [0.1, 0.15) is 0 Å². The van der Waals surface area contributed by atoms with E-state index in [1.54, 1.807) is 0 Å². The zero-order valence-corrected chi connectivity index (χ0v) is 21.6. The van der Waals surface area contributed by atoms with Crippen molar-refractivity contribution in [3.05, 3.63) is 11.2 Å². The number of halogens is 1. The minimum Gasteiger partial charge on any atom is -0.417 e. The molecular weight excluding hydrogens is 379 g/mol. The highest BCUT2D eigenvalue weighted by molar-refractivity contribution is 7.23. The highest BCUT2D eigenvalue weighted by Crippen LogP contribution is 2.39. The molecule has 26 heavy (non-hydrogen) atoms. The summed E-state index contributed by atoms with van der Waals surface area (Å²) in [4.78, 5) is 0. The molecule has 0 saturated carbocycles. The molecule has 1 aliphatic rings. The lowest BCUT2D eigenvalue weighted by Crippen LogP contribution is -2.41. The molecule has 0 amide bonds. The Labute approximate surface area is 169 Å². The molecule has 3 nitrogen and oxygen atoms in total. The summed E-state index contributed by atoms with van der Waals surface area (Å²) in [5.74, 6) is 2.13. The number of hydrogen-bond donors (Lipinski definition) is 0. The van der Waals surface area contributed by atoms with Gasteiger partial charge >= 0.3 is 7.12 Å². The summed E-state index contributed by atoms with van der Waals surface area (Å²) in [6.45, 7) is 24.9. The molecule has 0 aromatic rings. The van der Waals surface area contributed by atoms with E-state index < -0.39 is 15.7 Å². The van der Waals surface area contributed by atoms with Crippen LogP contribution < -0.4 is 0 Å². The van der Waals surface area contributed by atoms with Gasteiger partial charge < -0.3 is 13.7 Å². The SMILES string of the molecule is CC1(C)OB(/C=C(\CCCO[Si](C)(C)C(C)(C)C)[Si](C)(C)Cl)OC1(C)C. The fraction of sp³-hybridized carbons (Fsp3) is 0.895. The van der Waals surface area contributed by atoms with Gasteiger partial charge in [-0.2, -0.15) is 11.1 Å². The van der Waals surface area contributed by atoms with Crippen LogP contribution in [0.5, 0.6) is 0 Å². The van der Waals surface area contributed by atoms with Crippen LogP contribution in [0.3, 0.4) is 0 Å². The van der Waals surface area contributed by atoms with Gasteiger partial charge in [0.25, 0.3) is 0 Å². The first-order valence-corrected chi connectivity index (χ1v) is 16.7. The highest BCUT2D eigenvalue weighted by Gasteiger charge is 2.50. The van der Waals surface area contributed by atoms with E-state index in [1.807, 2.05) is 0 Å². The summed E-state index contributed by atoms with van der Waals surface area (Å²) >= 11 is 6.79. The second kappa shape index (κ2) is 8.03. The summed E-state index contributed by atoms with van der Waals surface area (Å²) in [7, 11) is -3.96. The second-order valence-electron chi connectivity index (χ2n) is 10.5. The summed E-state index contributed by atoms with van der Waals surface area (Å²) in [6, 6.07) is 0. The quantitative estimate of drug-likeness (QED) is 0.274. The van der Waals surface area contributed by atoms with Crippen LogP contribution in [-0.2, 0) is 13.7 Å². The van der Waals surface area contributed by atoms with Crippen molar-refractivity contribution in [2.24, 2.45) is 0 Å². The van der Waals surface area contributed by atoms with Gasteiger partial charge in [0.2, 0.25) is 0 Å². The Balaban J connectivity index is 2.73. The predicted molar refractivity (Wildman–Crippen MR) is 120 cm³/mol. The first kappa shape index (κ1) is 24.4. The summed E-state index contributed by atoms with van der Waals surface area (Å²) < 4.78 is 18.6. The lowest BCUT2D eigenvalue weighted by Gasteiger charge is -2.36. The van der Waals surface area contributed by atoms with Crippen LogP contribution in [0.25, 0.3) is 0 Å². The van der Waals surface area contributed by atoms with Gasteiger partial charge in [-0.3, -0.25) is 0 Å². The van der Waals surface area contributed by atoms with Gasteiger partial charge in [-0.15, -0.1) is 0 Å². The van der Waals surface area contributed by atoms with Crippen molar-refractivity contribution in [1.82, 2.24) is 0 Å². The van der Waals surface area contributed by atoms with E-state index in [0.29, 0.717) is 0 Å². The first-order valence-electron chi connectivity index (χ1n) is 9.79. The van der Waals surface area contributed by atoms with Gasteiger partial charge in [-0.1, -0.05) is 45.0 Å². The highest BCUT2D eigenvalue weighted by atomic mass is 35.6. The third-order valence-electron chi connectivity index (χ3n) is 6.23. The van der Waals surface area contributed by atoms with Crippen LogP contribution in [0.2, 0.25) is 31.2 Å². The van der Waals surface area contributed by atoms with E-state index in [1.165, 1.54) is 5.20 Å². The van der Waals surface area contributed by atoms with E-state index in [0.717, 1.165) is 19.4 Å². The topological polar surface area (TPSA) is 27.7 Å². The Morgan fingerprint density at radius 2 is 1.50 bits per heavy atom. The molecule has 0 spiro atoms. The molecule has 1 heterocycles. The summed E-state index contributed by atoms with van der Waals surface area (Å²) in [6.07, 6.45) is 1.93. The largest absolute Gasteiger partial charge is 0.486 e. The summed E-state index contributed by atoms with van der Waals surface area (Å²) in [5.41, 5.74) is -0.633. The van der Waals surface area contributed by atoms with Crippen molar-refractivity contribution in [1.29, 1.82) is 0 Å². The standard InChI is InChI=1S/C19H40BClO3Si2/c1-17(2,3)26(10,11)22-14-12-13-16(25(8,9)21)15-20-23-18(4,5)19(6,7)24-20/h15H,12-14H2,1-11H3/b16-15+. The molecule has 0 atom stereocenters. The van der Waals surface area contributed by atoms with Gasteiger partial charge in [0.05, 0.1) is 11.2 Å². The molecule has 1 rings (SSSR count). The molecule has 0 aliphatic carbocycles. The summed E-state index contributed by atoms with van der Waals surface area (Å²) in [5, 5.41) is 1.53. The maximum absolute atomic E-state index is 6.79. The van der Waals surface area contributed by atoms with Gasteiger partial charge in [-0.05, 0) is 58.7 Å². The van der Waals surface area contributed by atoms with Gasteiger partial charge in [0, 0.05) is 6.61 Å². The molecule has 0 unspecified atom stereocenters. The molecule has 0 bridgehead atoms. The van der Waals surface area contributed by atoms with Crippen molar-refractivity contribution in [2.45, 2.75) is 104 Å². The van der Waals surface area contributed by atoms with Crippen LogP contribution >= 0.6 is 11.1 Å². The minimum atomic E-state index is -1.95. The normalized spacial score (nSPS) is 21.4. The Morgan fingerprint density at radius 3 is 1.88 bits per heavy atom. The van der Waals surface area contributed by atoms with Crippen molar-refractivity contribution in [3.63, 3.8) is 0 Å². The third-order valence-corrected chi connectivity index (χ3v) is 13.4. The average Bonchev–Trinajstić information content (AvgIpc) is 2.58. The first-order chi connectivity index (χ1) is 11.4. The van der Waals surface area contributed by atoms with Crippen molar-refractivity contribution in [2.75, 3.05) is 6.61 Å². The van der Waals surface area contributed by atoms with Crippen LogP contribution in [0.1, 0.15) is 61.3 Å². The van der Waals surface area contributed by atoms with Gasteiger partial charge in [0.15, 0.2) is 15.7 Å². The van der Waals surface area contributed by atoms with E-state index in [9.17, 15) is 0 Å². The zero-order valence-electron chi connectivity index (χ0n) is 18.9. The van der Waals surface area contributed by atoms with E-state index in [-0.39, 0.29) is 23.4 Å². The average molecular weight is 419 g/mol.